The third-order valence-electron chi connectivity index (χ3n) is 3.61. The van der Waals surface area contributed by atoms with Crippen LogP contribution in [0.4, 0.5) is 0 Å². The van der Waals surface area contributed by atoms with Crippen LogP contribution >= 0.6 is 12.4 Å². The number of nitrogens with zero attached hydrogens (tertiary/aromatic N) is 2. The first kappa shape index (κ1) is 20.2. The van der Waals surface area contributed by atoms with E-state index in [0.717, 1.165) is 19.4 Å². The van der Waals surface area contributed by atoms with Gasteiger partial charge in [0.2, 0.25) is 11.8 Å². The minimum Gasteiger partial charge on any atom is -0.343 e. The van der Waals surface area contributed by atoms with E-state index >= 15 is 0 Å². The summed E-state index contributed by atoms with van der Waals surface area (Å²) in [5, 5.41) is 3.03. The summed E-state index contributed by atoms with van der Waals surface area (Å²) in [4.78, 5) is 28.3. The van der Waals surface area contributed by atoms with Crippen LogP contribution in [0.2, 0.25) is 0 Å². The molecular formula is C15H30ClN3O2. The second kappa shape index (κ2) is 8.59. The predicted octanol–water partition coefficient (Wildman–Crippen LogP) is 1.51. The van der Waals surface area contributed by atoms with Crippen LogP contribution in [0.15, 0.2) is 0 Å². The van der Waals surface area contributed by atoms with Crippen LogP contribution in [0.25, 0.3) is 0 Å². The highest BCUT2D eigenvalue weighted by Gasteiger charge is 2.36. The summed E-state index contributed by atoms with van der Waals surface area (Å²) < 4.78 is 0. The molecule has 0 aromatic heterocycles. The number of hydrogen-bond donors (Lipinski definition) is 1. The Balaban J connectivity index is 0.00000400. The number of carbonyl (C=O) groups is 2. The lowest BCUT2D eigenvalue weighted by Crippen LogP contribution is -2.48. The summed E-state index contributed by atoms with van der Waals surface area (Å²) in [7, 11) is 3.68. The quantitative estimate of drug-likeness (QED) is 0.836. The fourth-order valence-electron chi connectivity index (χ4n) is 2.52. The summed E-state index contributed by atoms with van der Waals surface area (Å²) in [6.07, 6.45) is 2.21. The van der Waals surface area contributed by atoms with E-state index in [4.69, 9.17) is 0 Å². The molecule has 124 valence electrons. The molecule has 1 N–H and O–H groups in total. The van der Waals surface area contributed by atoms with Crippen molar-refractivity contribution in [1.29, 1.82) is 0 Å². The number of halogens is 1. The Morgan fingerprint density at radius 2 is 1.95 bits per heavy atom. The number of carbonyl (C=O) groups excluding carboxylic acids is 2. The molecule has 1 rings (SSSR count). The molecule has 6 heteroatoms. The van der Waals surface area contributed by atoms with Crippen molar-refractivity contribution in [3.63, 3.8) is 0 Å². The first-order chi connectivity index (χ1) is 9.26. The summed E-state index contributed by atoms with van der Waals surface area (Å²) in [5.41, 5.74) is -0.0364. The first-order valence-electron chi connectivity index (χ1n) is 7.45. The summed E-state index contributed by atoms with van der Waals surface area (Å²) in [6, 6.07) is -0.258. The van der Waals surface area contributed by atoms with Crippen molar-refractivity contribution in [3.8, 4) is 0 Å². The predicted molar refractivity (Wildman–Crippen MR) is 87.6 cm³/mol. The average molecular weight is 320 g/mol. The summed E-state index contributed by atoms with van der Waals surface area (Å²) in [6.45, 7) is 8.31. The molecule has 0 bridgehead atoms. The molecule has 0 aromatic carbocycles. The Morgan fingerprint density at radius 1 is 1.33 bits per heavy atom. The Morgan fingerprint density at radius 3 is 2.48 bits per heavy atom. The number of nitrogens with one attached hydrogen (secondary N) is 1. The van der Waals surface area contributed by atoms with E-state index in [1.54, 1.807) is 9.80 Å². The summed E-state index contributed by atoms with van der Waals surface area (Å²) >= 11 is 0. The van der Waals surface area contributed by atoms with Crippen molar-refractivity contribution in [3.05, 3.63) is 0 Å². The molecule has 1 saturated heterocycles. The zero-order valence-corrected chi connectivity index (χ0v) is 14.8. The highest BCUT2D eigenvalue weighted by atomic mass is 35.5. The fraction of sp³-hybridized carbons (Fsp3) is 0.867. The minimum absolute atomic E-state index is 0. The Bertz CT molecular complexity index is 355. The number of likely N-dealkylation sites (N-methyl/N-ethyl adjacent to an activating group) is 2. The van der Waals surface area contributed by atoms with Crippen molar-refractivity contribution in [2.24, 2.45) is 5.41 Å². The lowest BCUT2D eigenvalue weighted by molar-refractivity contribution is -0.144. The van der Waals surface area contributed by atoms with Crippen molar-refractivity contribution < 1.29 is 9.59 Å². The van der Waals surface area contributed by atoms with Crippen LogP contribution in [-0.4, -0.2) is 61.4 Å². The van der Waals surface area contributed by atoms with Gasteiger partial charge in [0.15, 0.2) is 0 Å². The van der Waals surface area contributed by atoms with Gasteiger partial charge in [-0.1, -0.05) is 20.8 Å². The Labute approximate surface area is 134 Å². The highest BCUT2D eigenvalue weighted by molar-refractivity contribution is 5.88. The van der Waals surface area contributed by atoms with Gasteiger partial charge in [0, 0.05) is 33.1 Å². The van der Waals surface area contributed by atoms with Gasteiger partial charge in [-0.3, -0.25) is 9.59 Å². The number of amides is 2. The number of hydrogen-bond acceptors (Lipinski definition) is 3. The number of rotatable bonds is 5. The standard InChI is InChI=1S/C15H29N3O2.ClH/c1-15(2,3)11-13(19)18-9-6-7-12(18)14(20)17(5)10-8-16-4;/h12,16H,6-11H2,1-5H3;1H. The SMILES string of the molecule is CNCCN(C)C(=O)C1CCCN1C(=O)CC(C)(C)C.Cl. The van der Waals surface area contributed by atoms with Gasteiger partial charge < -0.3 is 15.1 Å². The molecule has 1 unspecified atom stereocenters. The highest BCUT2D eigenvalue weighted by Crippen LogP contribution is 2.25. The largest absolute Gasteiger partial charge is 0.343 e. The van der Waals surface area contributed by atoms with Crippen LogP contribution in [-0.2, 0) is 9.59 Å². The molecule has 0 saturated carbocycles. The van der Waals surface area contributed by atoms with Crippen LogP contribution < -0.4 is 5.32 Å². The van der Waals surface area contributed by atoms with Crippen LogP contribution in [0.5, 0.6) is 0 Å². The van der Waals surface area contributed by atoms with Crippen LogP contribution in [0, 0.1) is 5.41 Å². The van der Waals surface area contributed by atoms with Gasteiger partial charge >= 0.3 is 0 Å². The summed E-state index contributed by atoms with van der Waals surface area (Å²) in [5.74, 6) is 0.176. The molecule has 21 heavy (non-hydrogen) atoms. The zero-order valence-electron chi connectivity index (χ0n) is 13.9. The van der Waals surface area contributed by atoms with Gasteiger partial charge in [-0.05, 0) is 25.3 Å². The number of likely N-dealkylation sites (tertiary alicyclic amines) is 1. The van der Waals surface area contributed by atoms with Crippen molar-refractivity contribution in [1.82, 2.24) is 15.1 Å². The fourth-order valence-corrected chi connectivity index (χ4v) is 2.52. The molecule has 0 spiro atoms. The maximum atomic E-state index is 12.4. The second-order valence-electron chi connectivity index (χ2n) is 6.85. The monoisotopic (exact) mass is 319 g/mol. The molecule has 5 nitrogen and oxygen atoms in total. The normalized spacial score (nSPS) is 18.3. The zero-order chi connectivity index (χ0) is 15.3. The topological polar surface area (TPSA) is 52.7 Å². The van der Waals surface area contributed by atoms with Crippen molar-refractivity contribution in [2.75, 3.05) is 33.7 Å². The third kappa shape index (κ3) is 6.22. The van der Waals surface area contributed by atoms with Crippen molar-refractivity contribution in [2.45, 2.75) is 46.1 Å². The average Bonchev–Trinajstić information content (AvgIpc) is 2.82. The van der Waals surface area contributed by atoms with Gasteiger partial charge in [0.1, 0.15) is 6.04 Å². The maximum Gasteiger partial charge on any atom is 0.245 e. The molecule has 0 radical (unpaired) electrons. The van der Waals surface area contributed by atoms with E-state index in [0.29, 0.717) is 19.5 Å². The molecule has 1 heterocycles. The maximum absolute atomic E-state index is 12.4. The van der Waals surface area contributed by atoms with E-state index in [1.807, 2.05) is 14.1 Å². The van der Waals surface area contributed by atoms with Gasteiger partial charge in [-0.25, -0.2) is 0 Å². The van der Waals surface area contributed by atoms with E-state index in [2.05, 4.69) is 26.1 Å². The molecular weight excluding hydrogens is 290 g/mol. The van der Waals surface area contributed by atoms with E-state index < -0.39 is 0 Å². The van der Waals surface area contributed by atoms with Crippen LogP contribution in [0.3, 0.4) is 0 Å². The van der Waals surface area contributed by atoms with Gasteiger partial charge in [-0.2, -0.15) is 0 Å². The molecule has 1 aliphatic rings. The minimum atomic E-state index is -0.258. The molecule has 0 aromatic rings. The van der Waals surface area contributed by atoms with E-state index in [1.165, 1.54) is 0 Å². The smallest absolute Gasteiger partial charge is 0.245 e. The molecule has 1 fully saturated rings. The van der Waals surface area contributed by atoms with Gasteiger partial charge in [-0.15, -0.1) is 12.4 Å². The van der Waals surface area contributed by atoms with Gasteiger partial charge in [0.05, 0.1) is 0 Å². The lowest BCUT2D eigenvalue weighted by Gasteiger charge is -2.30. The molecule has 1 aliphatic heterocycles. The Hall–Kier alpha value is -0.810. The lowest BCUT2D eigenvalue weighted by atomic mass is 9.91. The Kier molecular flexibility index (Phi) is 8.26. The third-order valence-corrected chi connectivity index (χ3v) is 3.61. The molecule has 0 aliphatic carbocycles. The first-order valence-corrected chi connectivity index (χ1v) is 7.45. The second-order valence-corrected chi connectivity index (χ2v) is 6.85. The van der Waals surface area contributed by atoms with E-state index in [9.17, 15) is 9.59 Å². The van der Waals surface area contributed by atoms with Crippen molar-refractivity contribution >= 4 is 24.2 Å². The van der Waals surface area contributed by atoms with Gasteiger partial charge in [0.25, 0.3) is 0 Å². The molecule has 1 atom stereocenters. The van der Waals surface area contributed by atoms with Crippen LogP contribution in [0.1, 0.15) is 40.0 Å². The molecule has 2 amide bonds. The van der Waals surface area contributed by atoms with E-state index in [-0.39, 0.29) is 35.7 Å².